The van der Waals surface area contributed by atoms with E-state index < -0.39 is 5.97 Å². The second-order valence-electron chi connectivity index (χ2n) is 3.77. The molecule has 15 heavy (non-hydrogen) atoms. The lowest BCUT2D eigenvalue weighted by Crippen LogP contribution is -1.98. The second kappa shape index (κ2) is 9.71. The number of unbranched alkanes of at least 4 members (excludes halogenated alkanes) is 5. The maximum absolute atomic E-state index is 10.4. The van der Waals surface area contributed by atoms with Crippen LogP contribution in [0.25, 0.3) is 0 Å². The van der Waals surface area contributed by atoms with Crippen molar-refractivity contribution in [1.82, 2.24) is 0 Å². The number of hydrogen-bond donors (Lipinski definition) is 1. The highest BCUT2D eigenvalue weighted by Gasteiger charge is 2.02. The Labute approximate surface area is 92.1 Å². The molecule has 88 valence electrons. The van der Waals surface area contributed by atoms with Gasteiger partial charge in [0.15, 0.2) is 0 Å². The van der Waals surface area contributed by atoms with E-state index in [9.17, 15) is 4.79 Å². The van der Waals surface area contributed by atoms with Crippen LogP contribution in [0, 0.1) is 0 Å². The van der Waals surface area contributed by atoms with E-state index in [2.05, 4.69) is 6.58 Å². The summed E-state index contributed by atoms with van der Waals surface area (Å²) >= 11 is 0. The summed E-state index contributed by atoms with van der Waals surface area (Å²) < 4.78 is 4.95. The molecule has 1 N–H and O–H groups in total. The zero-order valence-electron chi connectivity index (χ0n) is 9.63. The Hall–Kier alpha value is -0.830. The van der Waals surface area contributed by atoms with E-state index in [1.165, 1.54) is 19.3 Å². The molecule has 0 aliphatic rings. The van der Waals surface area contributed by atoms with Gasteiger partial charge in [0, 0.05) is 19.3 Å². The molecular formula is C12H22O3. The van der Waals surface area contributed by atoms with Gasteiger partial charge in [0.25, 0.3) is 0 Å². The van der Waals surface area contributed by atoms with Crippen molar-refractivity contribution in [2.75, 3.05) is 13.7 Å². The summed E-state index contributed by atoms with van der Waals surface area (Å²) in [6, 6.07) is 0. The van der Waals surface area contributed by atoms with Crippen molar-refractivity contribution < 1.29 is 14.6 Å². The van der Waals surface area contributed by atoms with Gasteiger partial charge in [0.05, 0.1) is 0 Å². The summed E-state index contributed by atoms with van der Waals surface area (Å²) in [5, 5.41) is 8.57. The molecule has 0 fully saturated rings. The molecule has 3 heteroatoms. The van der Waals surface area contributed by atoms with Crippen molar-refractivity contribution in [3.63, 3.8) is 0 Å². The number of methoxy groups -OCH3 is 1. The van der Waals surface area contributed by atoms with Crippen molar-refractivity contribution in [2.24, 2.45) is 0 Å². The summed E-state index contributed by atoms with van der Waals surface area (Å²) in [5.41, 5.74) is 0.328. The molecular weight excluding hydrogens is 192 g/mol. The van der Waals surface area contributed by atoms with Crippen molar-refractivity contribution in [3.8, 4) is 0 Å². The molecule has 0 aliphatic heterocycles. The predicted molar refractivity (Wildman–Crippen MR) is 61.0 cm³/mol. The minimum Gasteiger partial charge on any atom is -0.478 e. The monoisotopic (exact) mass is 214 g/mol. The SMILES string of the molecule is C=C(CCCCCCCCOC)C(=O)O. The van der Waals surface area contributed by atoms with Crippen LogP contribution in [-0.2, 0) is 9.53 Å². The maximum Gasteiger partial charge on any atom is 0.330 e. The molecule has 0 unspecified atom stereocenters. The molecule has 0 aromatic heterocycles. The smallest absolute Gasteiger partial charge is 0.330 e. The van der Waals surface area contributed by atoms with Gasteiger partial charge in [-0.1, -0.05) is 32.3 Å². The van der Waals surface area contributed by atoms with E-state index in [-0.39, 0.29) is 0 Å². The number of rotatable bonds is 10. The number of carboxylic acids is 1. The highest BCUT2D eigenvalue weighted by Crippen LogP contribution is 2.10. The third-order valence-corrected chi connectivity index (χ3v) is 2.38. The zero-order chi connectivity index (χ0) is 11.5. The van der Waals surface area contributed by atoms with Crippen LogP contribution < -0.4 is 0 Å². The quantitative estimate of drug-likeness (QED) is 0.449. The molecule has 0 heterocycles. The van der Waals surface area contributed by atoms with Gasteiger partial charge < -0.3 is 9.84 Å². The summed E-state index contributed by atoms with van der Waals surface area (Å²) in [6.45, 7) is 4.34. The first-order valence-electron chi connectivity index (χ1n) is 5.58. The maximum atomic E-state index is 10.4. The van der Waals surface area contributed by atoms with E-state index in [0.29, 0.717) is 12.0 Å². The van der Waals surface area contributed by atoms with Gasteiger partial charge in [0.2, 0.25) is 0 Å². The minimum atomic E-state index is -0.866. The standard InChI is InChI=1S/C12H22O3/c1-11(12(13)14)9-7-5-3-4-6-8-10-15-2/h1,3-10H2,2H3,(H,13,14). The molecule has 0 bridgehead atoms. The van der Waals surface area contributed by atoms with Crippen LogP contribution in [0.15, 0.2) is 12.2 Å². The van der Waals surface area contributed by atoms with Crippen molar-refractivity contribution in [2.45, 2.75) is 44.9 Å². The van der Waals surface area contributed by atoms with Gasteiger partial charge in [-0.2, -0.15) is 0 Å². The minimum absolute atomic E-state index is 0.328. The number of carboxylic acid groups (broad SMARTS) is 1. The van der Waals surface area contributed by atoms with Crippen LogP contribution in [0.3, 0.4) is 0 Å². The van der Waals surface area contributed by atoms with Crippen LogP contribution in [0.1, 0.15) is 44.9 Å². The molecule has 0 radical (unpaired) electrons. The Kier molecular flexibility index (Phi) is 9.18. The fraction of sp³-hybridized carbons (Fsp3) is 0.750. The lowest BCUT2D eigenvalue weighted by molar-refractivity contribution is -0.132. The second-order valence-corrected chi connectivity index (χ2v) is 3.77. The number of hydrogen-bond acceptors (Lipinski definition) is 2. The van der Waals surface area contributed by atoms with Gasteiger partial charge in [-0.05, 0) is 19.3 Å². The highest BCUT2D eigenvalue weighted by molar-refractivity contribution is 5.85. The van der Waals surface area contributed by atoms with Crippen LogP contribution in [0.4, 0.5) is 0 Å². The molecule has 0 aromatic rings. The Balaban J connectivity index is 3.11. The summed E-state index contributed by atoms with van der Waals surface area (Å²) in [5.74, 6) is -0.866. The van der Waals surface area contributed by atoms with Crippen molar-refractivity contribution in [1.29, 1.82) is 0 Å². The normalized spacial score (nSPS) is 10.2. The van der Waals surface area contributed by atoms with Crippen LogP contribution in [-0.4, -0.2) is 24.8 Å². The Bertz CT molecular complexity index is 187. The third-order valence-electron chi connectivity index (χ3n) is 2.38. The number of ether oxygens (including phenoxy) is 1. The van der Waals surface area contributed by atoms with Crippen molar-refractivity contribution in [3.05, 3.63) is 12.2 Å². The van der Waals surface area contributed by atoms with Crippen LogP contribution in [0.5, 0.6) is 0 Å². The average Bonchev–Trinajstić information content (AvgIpc) is 2.21. The largest absolute Gasteiger partial charge is 0.478 e. The van der Waals surface area contributed by atoms with Crippen LogP contribution in [0.2, 0.25) is 0 Å². The fourth-order valence-electron chi connectivity index (χ4n) is 1.40. The van der Waals surface area contributed by atoms with Gasteiger partial charge in [-0.3, -0.25) is 0 Å². The van der Waals surface area contributed by atoms with Crippen LogP contribution >= 0.6 is 0 Å². The average molecular weight is 214 g/mol. The first-order chi connectivity index (χ1) is 7.18. The van der Waals surface area contributed by atoms with Gasteiger partial charge in [-0.15, -0.1) is 0 Å². The van der Waals surface area contributed by atoms with E-state index in [1.807, 2.05) is 0 Å². The summed E-state index contributed by atoms with van der Waals surface area (Å²) in [4.78, 5) is 10.4. The Morgan fingerprint density at radius 3 is 2.20 bits per heavy atom. The molecule has 0 amide bonds. The molecule has 0 spiro atoms. The lowest BCUT2D eigenvalue weighted by atomic mass is 10.1. The Morgan fingerprint density at radius 2 is 1.67 bits per heavy atom. The summed E-state index contributed by atoms with van der Waals surface area (Å²) in [6.07, 6.45) is 7.37. The molecule has 3 nitrogen and oxygen atoms in total. The molecule has 0 aliphatic carbocycles. The van der Waals surface area contributed by atoms with Gasteiger partial charge >= 0.3 is 5.97 Å². The van der Waals surface area contributed by atoms with E-state index in [1.54, 1.807) is 7.11 Å². The van der Waals surface area contributed by atoms with E-state index in [0.717, 1.165) is 25.9 Å². The number of aliphatic carboxylic acids is 1. The molecule has 0 rings (SSSR count). The van der Waals surface area contributed by atoms with Gasteiger partial charge in [-0.25, -0.2) is 4.79 Å². The van der Waals surface area contributed by atoms with E-state index in [4.69, 9.17) is 9.84 Å². The molecule has 0 aromatic carbocycles. The molecule has 0 saturated heterocycles. The predicted octanol–water partition coefficient (Wildman–Crippen LogP) is 3.00. The topological polar surface area (TPSA) is 46.5 Å². The Morgan fingerprint density at radius 1 is 1.13 bits per heavy atom. The fourth-order valence-corrected chi connectivity index (χ4v) is 1.40. The summed E-state index contributed by atoms with van der Waals surface area (Å²) in [7, 11) is 1.72. The van der Waals surface area contributed by atoms with Crippen molar-refractivity contribution >= 4 is 5.97 Å². The highest BCUT2D eigenvalue weighted by atomic mass is 16.5. The first kappa shape index (κ1) is 14.2. The molecule has 0 saturated carbocycles. The zero-order valence-corrected chi connectivity index (χ0v) is 9.63. The third kappa shape index (κ3) is 9.47. The lowest BCUT2D eigenvalue weighted by Gasteiger charge is -2.02. The van der Waals surface area contributed by atoms with Gasteiger partial charge in [0.1, 0.15) is 0 Å². The van der Waals surface area contributed by atoms with E-state index >= 15 is 0 Å². The molecule has 0 atom stereocenters. The number of carbonyl (C=O) groups is 1. The first-order valence-corrected chi connectivity index (χ1v) is 5.58.